The van der Waals surface area contributed by atoms with E-state index < -0.39 is 0 Å². The van der Waals surface area contributed by atoms with Crippen molar-refractivity contribution in [1.29, 1.82) is 0 Å². The van der Waals surface area contributed by atoms with E-state index in [1.54, 1.807) is 0 Å². The second kappa shape index (κ2) is 7.34. The minimum atomic E-state index is -0.177. The molecule has 1 aliphatic carbocycles. The zero-order valence-corrected chi connectivity index (χ0v) is 23.5. The normalized spacial score (nSPS) is 18.0. The van der Waals surface area contributed by atoms with Gasteiger partial charge < -0.3 is 4.74 Å². The standard InChI is InChI=1S/C33H37N3O/c1-30(2,3)29-35-25-17-21(37-20-13-11-10-12-14-20)15-16-22(25)28-34-26-18-23-24(19-27(26)36(28)29)32(6,7)33(8,9)31(23,4)5/h10-19H,1-9H3. The molecule has 0 bridgehead atoms. The topological polar surface area (TPSA) is 39.4 Å². The van der Waals surface area contributed by atoms with E-state index in [1.807, 2.05) is 42.5 Å². The number of benzene rings is 3. The molecule has 1 aliphatic rings. The molecule has 4 nitrogen and oxygen atoms in total. The highest BCUT2D eigenvalue weighted by Crippen LogP contribution is 2.62. The Bertz CT molecular complexity index is 1700. The first-order valence-electron chi connectivity index (χ1n) is 13.3. The Balaban J connectivity index is 1.65. The number of aromatic nitrogens is 3. The minimum absolute atomic E-state index is 0.0278. The monoisotopic (exact) mass is 491 g/mol. The second-order valence-electron chi connectivity index (χ2n) is 13.3. The van der Waals surface area contributed by atoms with Crippen LogP contribution >= 0.6 is 0 Å². The summed E-state index contributed by atoms with van der Waals surface area (Å²) in [6, 6.07) is 20.8. The first-order chi connectivity index (χ1) is 17.2. The molecule has 0 atom stereocenters. The van der Waals surface area contributed by atoms with Gasteiger partial charge >= 0.3 is 0 Å². The third-order valence-electron chi connectivity index (χ3n) is 9.56. The van der Waals surface area contributed by atoms with Crippen molar-refractivity contribution in [3.63, 3.8) is 0 Å². The molecule has 37 heavy (non-hydrogen) atoms. The van der Waals surface area contributed by atoms with Crippen LogP contribution in [-0.2, 0) is 16.2 Å². The van der Waals surface area contributed by atoms with Gasteiger partial charge in [0.1, 0.15) is 23.0 Å². The van der Waals surface area contributed by atoms with Crippen LogP contribution in [-0.4, -0.2) is 14.4 Å². The van der Waals surface area contributed by atoms with Gasteiger partial charge in [0.25, 0.3) is 0 Å². The number of ether oxygens (including phenoxy) is 1. The Kier molecular flexibility index (Phi) is 4.75. The Morgan fingerprint density at radius 1 is 0.703 bits per heavy atom. The fraction of sp³-hybridized carbons (Fsp3) is 0.394. The molecular formula is C33H37N3O. The summed E-state index contributed by atoms with van der Waals surface area (Å²) < 4.78 is 8.43. The summed E-state index contributed by atoms with van der Waals surface area (Å²) in [5, 5.41) is 1.03. The summed E-state index contributed by atoms with van der Waals surface area (Å²) in [4.78, 5) is 10.5. The fourth-order valence-electron chi connectivity index (χ4n) is 6.16. The average Bonchev–Trinajstić information content (AvgIpc) is 3.24. The minimum Gasteiger partial charge on any atom is -0.457 e. The van der Waals surface area contributed by atoms with Crippen molar-refractivity contribution in [2.24, 2.45) is 5.41 Å². The van der Waals surface area contributed by atoms with Gasteiger partial charge in [0, 0.05) is 16.9 Å². The summed E-state index contributed by atoms with van der Waals surface area (Å²) >= 11 is 0. The van der Waals surface area contributed by atoms with E-state index >= 15 is 0 Å². The van der Waals surface area contributed by atoms with Gasteiger partial charge in [-0.2, -0.15) is 0 Å². The summed E-state index contributed by atoms with van der Waals surface area (Å²) in [6.07, 6.45) is 0. The van der Waals surface area contributed by atoms with Crippen LogP contribution in [0.2, 0.25) is 0 Å². The van der Waals surface area contributed by atoms with Crippen molar-refractivity contribution in [1.82, 2.24) is 14.4 Å². The van der Waals surface area contributed by atoms with Crippen LogP contribution in [0.1, 0.15) is 79.3 Å². The Hall–Kier alpha value is -3.40. The van der Waals surface area contributed by atoms with Crippen molar-refractivity contribution < 1.29 is 4.74 Å². The largest absolute Gasteiger partial charge is 0.457 e. The summed E-state index contributed by atoms with van der Waals surface area (Å²) in [6.45, 7) is 21.0. The Morgan fingerprint density at radius 3 is 2.00 bits per heavy atom. The lowest BCUT2D eigenvalue weighted by atomic mass is 9.59. The summed E-state index contributed by atoms with van der Waals surface area (Å²) in [7, 11) is 0. The van der Waals surface area contributed by atoms with E-state index in [-0.39, 0.29) is 21.7 Å². The molecule has 0 fully saturated rings. The fourth-order valence-corrected chi connectivity index (χ4v) is 6.16. The van der Waals surface area contributed by atoms with Crippen LogP contribution < -0.4 is 4.74 Å². The van der Waals surface area contributed by atoms with Gasteiger partial charge in [-0.3, -0.25) is 4.40 Å². The van der Waals surface area contributed by atoms with Gasteiger partial charge in [-0.25, -0.2) is 9.97 Å². The molecule has 2 heterocycles. The van der Waals surface area contributed by atoms with Crippen LogP contribution in [0.25, 0.3) is 27.6 Å². The smallest absolute Gasteiger partial charge is 0.148 e. The molecule has 0 spiro atoms. The SMILES string of the molecule is CC(C)(C)c1nc2cc(Oc3ccccc3)ccc2c2nc3cc4c(cc3n12)C(C)(C)C(C)(C)C4(C)C. The quantitative estimate of drug-likeness (QED) is 0.248. The molecule has 0 amide bonds. The van der Waals surface area contributed by atoms with Crippen LogP contribution in [0.5, 0.6) is 11.5 Å². The Morgan fingerprint density at radius 2 is 1.35 bits per heavy atom. The first-order valence-corrected chi connectivity index (χ1v) is 13.3. The van der Waals surface area contributed by atoms with Gasteiger partial charge in [-0.05, 0) is 63.8 Å². The van der Waals surface area contributed by atoms with E-state index in [1.165, 1.54) is 11.1 Å². The molecular weight excluding hydrogens is 454 g/mol. The van der Waals surface area contributed by atoms with Crippen molar-refractivity contribution in [3.8, 4) is 11.5 Å². The van der Waals surface area contributed by atoms with E-state index in [0.29, 0.717) is 0 Å². The number of fused-ring (bicyclic) bond motifs is 6. The predicted molar refractivity (Wildman–Crippen MR) is 153 cm³/mol. The number of hydrogen-bond acceptors (Lipinski definition) is 3. The highest BCUT2D eigenvalue weighted by atomic mass is 16.5. The lowest BCUT2D eigenvalue weighted by Crippen LogP contribution is -2.42. The van der Waals surface area contributed by atoms with Gasteiger partial charge in [0.05, 0.1) is 16.6 Å². The predicted octanol–water partition coefficient (Wildman–Crippen LogP) is 8.72. The molecule has 0 saturated heterocycles. The maximum absolute atomic E-state index is 6.13. The first kappa shape index (κ1) is 24.0. The van der Waals surface area contributed by atoms with Crippen molar-refractivity contribution >= 4 is 27.6 Å². The lowest BCUT2D eigenvalue weighted by Gasteiger charge is -2.44. The molecule has 4 heteroatoms. The number of para-hydroxylation sites is 1. The molecule has 0 N–H and O–H groups in total. The van der Waals surface area contributed by atoms with Crippen LogP contribution in [0.3, 0.4) is 0 Å². The third-order valence-corrected chi connectivity index (χ3v) is 9.56. The van der Waals surface area contributed by atoms with Crippen LogP contribution in [0.15, 0.2) is 60.7 Å². The molecule has 2 aromatic heterocycles. The molecule has 190 valence electrons. The number of nitrogens with zero attached hydrogens (tertiary/aromatic N) is 3. The number of hydrogen-bond donors (Lipinski definition) is 0. The number of imidazole rings is 1. The molecule has 0 saturated carbocycles. The van der Waals surface area contributed by atoms with Crippen molar-refractivity contribution in [2.75, 3.05) is 0 Å². The van der Waals surface area contributed by atoms with Gasteiger partial charge in [-0.15, -0.1) is 0 Å². The highest BCUT2D eigenvalue weighted by molar-refractivity contribution is 5.97. The molecule has 0 unspecified atom stereocenters. The molecule has 0 aliphatic heterocycles. The maximum Gasteiger partial charge on any atom is 0.148 e. The van der Waals surface area contributed by atoms with E-state index in [4.69, 9.17) is 14.7 Å². The summed E-state index contributed by atoms with van der Waals surface area (Å²) in [5.74, 6) is 2.59. The van der Waals surface area contributed by atoms with Crippen molar-refractivity contribution in [2.45, 2.75) is 78.6 Å². The second-order valence-corrected chi connectivity index (χ2v) is 13.3. The zero-order valence-electron chi connectivity index (χ0n) is 23.5. The molecule has 5 aromatic rings. The van der Waals surface area contributed by atoms with Gasteiger partial charge in [-0.1, -0.05) is 80.5 Å². The lowest BCUT2D eigenvalue weighted by molar-refractivity contribution is 0.125. The third kappa shape index (κ3) is 3.20. The van der Waals surface area contributed by atoms with Gasteiger partial charge in [0.2, 0.25) is 0 Å². The number of rotatable bonds is 2. The van der Waals surface area contributed by atoms with E-state index in [0.717, 1.165) is 44.9 Å². The van der Waals surface area contributed by atoms with Crippen LogP contribution in [0.4, 0.5) is 0 Å². The molecule has 3 aromatic carbocycles. The average molecular weight is 492 g/mol. The zero-order chi connectivity index (χ0) is 26.5. The molecule has 6 rings (SSSR count). The van der Waals surface area contributed by atoms with Crippen molar-refractivity contribution in [3.05, 3.63) is 77.6 Å². The Labute approximate surface area is 219 Å². The highest BCUT2D eigenvalue weighted by Gasteiger charge is 2.57. The van der Waals surface area contributed by atoms with E-state index in [2.05, 4.69) is 84.9 Å². The van der Waals surface area contributed by atoms with E-state index in [9.17, 15) is 0 Å². The van der Waals surface area contributed by atoms with Crippen LogP contribution in [0, 0.1) is 5.41 Å². The van der Waals surface area contributed by atoms with Gasteiger partial charge in [0.15, 0.2) is 0 Å². The summed E-state index contributed by atoms with van der Waals surface area (Å²) in [5.41, 5.74) is 6.84. The maximum atomic E-state index is 6.13. The molecule has 0 radical (unpaired) electrons.